The van der Waals surface area contributed by atoms with Crippen LogP contribution in [0.5, 0.6) is 17.2 Å². The number of carbonyl (C=O) groups excluding carboxylic acids is 3. The Hall–Kier alpha value is -5.20. The predicted molar refractivity (Wildman–Crippen MR) is 162 cm³/mol. The predicted octanol–water partition coefficient (Wildman–Crippen LogP) is 2.17. The van der Waals surface area contributed by atoms with Crippen molar-refractivity contribution in [3.63, 3.8) is 0 Å². The molecule has 0 spiro atoms. The van der Waals surface area contributed by atoms with Gasteiger partial charge in [-0.1, -0.05) is 12.1 Å². The fourth-order valence-electron chi connectivity index (χ4n) is 5.78. The van der Waals surface area contributed by atoms with E-state index in [1.54, 1.807) is 27.6 Å². The van der Waals surface area contributed by atoms with Gasteiger partial charge in [-0.15, -0.1) is 0 Å². The molecule has 2 N–H and O–H groups in total. The van der Waals surface area contributed by atoms with Crippen LogP contribution in [-0.2, 0) is 22.6 Å². The largest absolute Gasteiger partial charge is 0.493 e. The number of ether oxygens (including phenoxy) is 3. The lowest BCUT2D eigenvalue weighted by Gasteiger charge is -2.39. The van der Waals surface area contributed by atoms with Crippen LogP contribution >= 0.6 is 0 Å². The van der Waals surface area contributed by atoms with Crippen LogP contribution in [-0.4, -0.2) is 81.2 Å². The maximum absolute atomic E-state index is 13.5. The topological polar surface area (TPSA) is 149 Å². The molecule has 4 aromatic rings. The number of aryl methyl sites for hydroxylation is 2. The maximum atomic E-state index is 13.5. The Balaban J connectivity index is 1.22. The second-order valence-corrected chi connectivity index (χ2v) is 11.2. The maximum Gasteiger partial charge on any atom is 0.258 e. The molecule has 1 saturated heterocycles. The first kappa shape index (κ1) is 29.9. The Bertz CT molecular complexity index is 1740. The summed E-state index contributed by atoms with van der Waals surface area (Å²) in [5.41, 5.74) is 3.91. The van der Waals surface area contributed by atoms with E-state index in [-0.39, 0.29) is 49.1 Å². The van der Waals surface area contributed by atoms with Crippen molar-refractivity contribution >= 4 is 23.5 Å². The number of hydrogen-bond acceptors (Lipinski definition) is 9. The Morgan fingerprint density at radius 2 is 1.96 bits per heavy atom. The van der Waals surface area contributed by atoms with Crippen LogP contribution in [0.4, 0.5) is 0 Å². The second-order valence-electron chi connectivity index (χ2n) is 11.2. The molecule has 2 aromatic heterocycles. The fraction of sp³-hybridized carbons (Fsp3) is 0.375. The van der Waals surface area contributed by atoms with Gasteiger partial charge in [0.15, 0.2) is 18.1 Å². The molecule has 45 heavy (non-hydrogen) atoms. The minimum Gasteiger partial charge on any atom is -0.493 e. The monoisotopic (exact) mass is 613 g/mol. The van der Waals surface area contributed by atoms with E-state index in [9.17, 15) is 14.4 Å². The van der Waals surface area contributed by atoms with Gasteiger partial charge in [0.05, 0.1) is 13.2 Å². The lowest BCUT2D eigenvalue weighted by Crippen LogP contribution is -2.58. The third-order valence-electron chi connectivity index (χ3n) is 8.28. The van der Waals surface area contributed by atoms with Gasteiger partial charge in [-0.2, -0.15) is 10.1 Å². The van der Waals surface area contributed by atoms with E-state index in [2.05, 4.69) is 25.7 Å². The van der Waals surface area contributed by atoms with Crippen molar-refractivity contribution in [2.24, 2.45) is 0 Å². The highest BCUT2D eigenvalue weighted by Crippen LogP contribution is 2.29. The molecule has 2 aromatic carbocycles. The molecule has 3 amide bonds. The number of rotatable bonds is 4. The highest BCUT2D eigenvalue weighted by atomic mass is 16.5. The van der Waals surface area contributed by atoms with Crippen LogP contribution in [0, 0.1) is 13.8 Å². The van der Waals surface area contributed by atoms with Gasteiger partial charge in [0.2, 0.25) is 5.91 Å². The summed E-state index contributed by atoms with van der Waals surface area (Å²) >= 11 is 0. The van der Waals surface area contributed by atoms with Gasteiger partial charge in [0.25, 0.3) is 17.6 Å². The molecule has 0 aliphatic carbocycles. The quantitative estimate of drug-likeness (QED) is 0.353. The van der Waals surface area contributed by atoms with Crippen molar-refractivity contribution in [2.45, 2.75) is 51.8 Å². The summed E-state index contributed by atoms with van der Waals surface area (Å²) in [7, 11) is 1.49. The molecular formula is C32H35N7O6. The Morgan fingerprint density at radius 3 is 2.76 bits per heavy atom. The van der Waals surface area contributed by atoms with Crippen molar-refractivity contribution in [1.29, 1.82) is 0 Å². The second kappa shape index (κ2) is 12.8. The molecule has 1 fully saturated rings. The highest BCUT2D eigenvalue weighted by Gasteiger charge is 2.34. The third-order valence-corrected chi connectivity index (χ3v) is 8.28. The van der Waals surface area contributed by atoms with Crippen molar-refractivity contribution < 1.29 is 28.6 Å². The van der Waals surface area contributed by atoms with E-state index >= 15 is 0 Å². The molecule has 234 valence electrons. The summed E-state index contributed by atoms with van der Waals surface area (Å²) in [6.45, 7) is 4.71. The van der Waals surface area contributed by atoms with Gasteiger partial charge in [0.1, 0.15) is 18.2 Å². The molecule has 13 nitrogen and oxygen atoms in total. The Kier molecular flexibility index (Phi) is 8.49. The molecule has 4 bridgehead atoms. The number of likely N-dealkylation sites (tertiary alicyclic amines) is 1. The SMILES string of the molecule is COc1ccc2cc1OCC(=O)NCc1ccc(cc1)O[C@@H]1CCN(C(=O)CCc3c(C)nc4ncnn4c3C)C[C@@H]1NC2=O. The van der Waals surface area contributed by atoms with Crippen LogP contribution in [0.2, 0.25) is 0 Å². The van der Waals surface area contributed by atoms with E-state index in [1.807, 2.05) is 38.1 Å². The number of piperidine rings is 1. The molecule has 5 heterocycles. The first-order chi connectivity index (χ1) is 21.8. The zero-order valence-electron chi connectivity index (χ0n) is 25.4. The molecule has 13 heteroatoms. The van der Waals surface area contributed by atoms with E-state index in [4.69, 9.17) is 14.2 Å². The molecule has 2 atom stereocenters. The average Bonchev–Trinajstić information content (AvgIpc) is 3.52. The first-order valence-corrected chi connectivity index (χ1v) is 14.9. The number of carbonyl (C=O) groups is 3. The fourth-order valence-corrected chi connectivity index (χ4v) is 5.78. The molecule has 3 aliphatic heterocycles. The number of methoxy groups -OCH3 is 1. The summed E-state index contributed by atoms with van der Waals surface area (Å²) in [5, 5.41) is 10.2. The van der Waals surface area contributed by atoms with Crippen molar-refractivity contribution in [3.8, 4) is 17.2 Å². The smallest absolute Gasteiger partial charge is 0.258 e. The zero-order chi connectivity index (χ0) is 31.5. The third kappa shape index (κ3) is 6.52. The molecule has 0 unspecified atom stereocenters. The Morgan fingerprint density at radius 1 is 1.13 bits per heavy atom. The van der Waals surface area contributed by atoms with Gasteiger partial charge < -0.3 is 29.7 Å². The summed E-state index contributed by atoms with van der Waals surface area (Å²) in [5.74, 6) is 1.13. The summed E-state index contributed by atoms with van der Waals surface area (Å²) < 4.78 is 19.2. The first-order valence-electron chi connectivity index (χ1n) is 14.9. The highest BCUT2D eigenvalue weighted by molar-refractivity contribution is 5.95. The van der Waals surface area contributed by atoms with Gasteiger partial charge in [-0.05, 0) is 61.7 Å². The Labute approximate surface area is 259 Å². The molecule has 0 radical (unpaired) electrons. The van der Waals surface area contributed by atoms with Gasteiger partial charge in [-0.25, -0.2) is 9.50 Å². The minimum absolute atomic E-state index is 0.0229. The van der Waals surface area contributed by atoms with Gasteiger partial charge in [0, 0.05) is 49.4 Å². The number of fused-ring (bicyclic) bond motifs is 8. The standard InChI is InChI=1S/C32H35N7O6/c1-19-24(20(2)39-32(36-19)34-18-35-39)9-11-30(41)38-13-12-26-25(16-38)37-31(42)22-6-10-27(43-3)28(14-22)44-17-29(40)33-15-21-4-7-23(45-26)8-5-21/h4-8,10,14,18,25-26H,9,11-13,15-17H2,1-3H3,(H,33,40)(H,37,42)/t25-,26+/m0/s1. The van der Waals surface area contributed by atoms with Crippen LogP contribution in [0.1, 0.15) is 45.7 Å². The summed E-state index contributed by atoms with van der Waals surface area (Å²) in [4.78, 5) is 50.0. The molecular weight excluding hydrogens is 578 g/mol. The lowest BCUT2D eigenvalue weighted by atomic mass is 9.99. The van der Waals surface area contributed by atoms with Gasteiger partial charge >= 0.3 is 0 Å². The molecule has 7 rings (SSSR count). The summed E-state index contributed by atoms with van der Waals surface area (Å²) in [6.07, 6.45) is 2.40. The zero-order valence-corrected chi connectivity index (χ0v) is 25.4. The average molecular weight is 614 g/mol. The summed E-state index contributed by atoms with van der Waals surface area (Å²) in [6, 6.07) is 11.7. The van der Waals surface area contributed by atoms with Crippen LogP contribution < -0.4 is 24.8 Å². The minimum atomic E-state index is -0.489. The van der Waals surface area contributed by atoms with Crippen molar-refractivity contribution in [3.05, 3.63) is 76.9 Å². The van der Waals surface area contributed by atoms with Crippen LogP contribution in [0.25, 0.3) is 5.78 Å². The van der Waals surface area contributed by atoms with Crippen LogP contribution in [0.15, 0.2) is 48.8 Å². The number of nitrogens with zero attached hydrogens (tertiary/aromatic N) is 5. The molecule has 0 saturated carbocycles. The lowest BCUT2D eigenvalue weighted by molar-refractivity contribution is -0.133. The van der Waals surface area contributed by atoms with Crippen LogP contribution in [0.3, 0.4) is 0 Å². The number of nitrogens with one attached hydrogen (secondary N) is 2. The van der Waals surface area contributed by atoms with E-state index < -0.39 is 6.04 Å². The normalized spacial score (nSPS) is 18.7. The number of amides is 3. The van der Waals surface area contributed by atoms with Crippen molar-refractivity contribution in [2.75, 3.05) is 26.8 Å². The van der Waals surface area contributed by atoms with Gasteiger partial charge in [-0.3, -0.25) is 14.4 Å². The molecule has 3 aliphatic rings. The van der Waals surface area contributed by atoms with E-state index in [0.29, 0.717) is 48.8 Å². The number of aromatic nitrogens is 4. The number of hydrogen-bond donors (Lipinski definition) is 2. The number of benzene rings is 2. The van der Waals surface area contributed by atoms with Crippen molar-refractivity contribution in [1.82, 2.24) is 35.1 Å². The van der Waals surface area contributed by atoms with E-state index in [1.165, 1.54) is 13.4 Å². The van der Waals surface area contributed by atoms with E-state index in [0.717, 1.165) is 22.5 Å².